The first-order valence-corrected chi connectivity index (χ1v) is 7.91. The van der Waals surface area contributed by atoms with Crippen molar-refractivity contribution in [3.63, 3.8) is 0 Å². The molecule has 0 aliphatic carbocycles. The van der Waals surface area contributed by atoms with E-state index in [-0.39, 0.29) is 18.5 Å². The van der Waals surface area contributed by atoms with Gasteiger partial charge in [0.2, 0.25) is 0 Å². The van der Waals surface area contributed by atoms with Crippen LogP contribution in [0.1, 0.15) is 52.8 Å². The first-order valence-electron chi connectivity index (χ1n) is 7.91. The van der Waals surface area contributed by atoms with E-state index in [0.29, 0.717) is 12.1 Å². The number of hydrogen-bond acceptors (Lipinski definition) is 6. The van der Waals surface area contributed by atoms with E-state index in [2.05, 4.69) is 10.4 Å². The monoisotopic (exact) mass is 340 g/mol. The van der Waals surface area contributed by atoms with Crippen molar-refractivity contribution >= 4 is 11.9 Å². The summed E-state index contributed by atoms with van der Waals surface area (Å²) >= 11 is 0. The molecule has 0 bridgehead atoms. The lowest BCUT2D eigenvalue weighted by atomic mass is 10.1. The number of nitrogens with one attached hydrogen (secondary N) is 1. The Labute approximate surface area is 140 Å². The highest BCUT2D eigenvalue weighted by Gasteiger charge is 2.37. The van der Waals surface area contributed by atoms with Crippen molar-refractivity contribution in [2.45, 2.75) is 64.8 Å². The molecule has 0 saturated carbocycles. The molecule has 9 heteroatoms. The highest BCUT2D eigenvalue weighted by molar-refractivity contribution is 5.67. The number of aromatic nitrogens is 2. The summed E-state index contributed by atoms with van der Waals surface area (Å²) in [5.74, 6) is -0.217. The Balaban J connectivity index is 2.13. The van der Waals surface area contributed by atoms with Crippen molar-refractivity contribution in [3.05, 3.63) is 21.9 Å². The number of carbonyl (C=O) groups excluding carboxylic acids is 1. The first-order chi connectivity index (χ1) is 11.1. The first kappa shape index (κ1) is 18.2. The van der Waals surface area contributed by atoms with Crippen LogP contribution in [0.15, 0.2) is 6.07 Å². The quantitative estimate of drug-likeness (QED) is 0.666. The summed E-state index contributed by atoms with van der Waals surface area (Å²) < 4.78 is 12.6. The lowest BCUT2D eigenvalue weighted by molar-refractivity contribution is -0.389. The molecule has 0 spiro atoms. The normalized spacial score (nSPS) is 21.1. The third-order valence-electron chi connectivity index (χ3n) is 3.52. The van der Waals surface area contributed by atoms with Crippen LogP contribution < -0.4 is 5.32 Å². The fraction of sp³-hybridized carbons (Fsp3) is 0.733. The van der Waals surface area contributed by atoms with E-state index < -0.39 is 28.8 Å². The Morgan fingerprint density at radius 1 is 1.54 bits per heavy atom. The van der Waals surface area contributed by atoms with Gasteiger partial charge in [-0.3, -0.25) is 0 Å². The van der Waals surface area contributed by atoms with Gasteiger partial charge in [-0.2, -0.15) is 4.68 Å². The third-order valence-corrected chi connectivity index (χ3v) is 3.52. The molecule has 2 atom stereocenters. The van der Waals surface area contributed by atoms with Gasteiger partial charge in [-0.05, 0) is 39.5 Å². The largest absolute Gasteiger partial charge is 0.444 e. The number of hydrogen-bond donors (Lipinski definition) is 1. The summed E-state index contributed by atoms with van der Waals surface area (Å²) in [5, 5.41) is 17.8. The van der Waals surface area contributed by atoms with Crippen molar-refractivity contribution in [1.82, 2.24) is 15.1 Å². The standard InChI is InChI=1S/C15H24N4O5/c1-9(2)16-14(20)24-10-6-12(23-8-10)11-7-13(19(21)22)17-18(11)15(3,4)5/h7,9-10,12H,6,8H2,1-5H3,(H,16,20)/t10-,12?/m1/s1. The molecular formula is C15H24N4O5. The second-order valence-corrected chi connectivity index (χ2v) is 7.15. The molecule has 1 amide bonds. The SMILES string of the molecule is CC(C)NC(=O)O[C@H]1COC(c2cc([N+](=O)[O-])nn2C(C)(C)C)C1. The predicted molar refractivity (Wildman–Crippen MR) is 85.7 cm³/mol. The fourth-order valence-corrected chi connectivity index (χ4v) is 2.55. The molecule has 0 radical (unpaired) electrons. The summed E-state index contributed by atoms with van der Waals surface area (Å²) in [6.45, 7) is 9.66. The molecule has 24 heavy (non-hydrogen) atoms. The van der Waals surface area contributed by atoms with Gasteiger partial charge in [0.1, 0.15) is 12.2 Å². The molecule has 1 aliphatic rings. The van der Waals surface area contributed by atoms with Gasteiger partial charge >= 0.3 is 11.9 Å². The predicted octanol–water partition coefficient (Wildman–Crippen LogP) is 2.51. The summed E-state index contributed by atoms with van der Waals surface area (Å²) in [5.41, 5.74) is 0.186. The fourth-order valence-electron chi connectivity index (χ4n) is 2.55. The van der Waals surface area contributed by atoms with Crippen LogP contribution in [0.4, 0.5) is 10.6 Å². The van der Waals surface area contributed by atoms with Crippen molar-refractivity contribution < 1.29 is 19.2 Å². The van der Waals surface area contributed by atoms with Crippen LogP contribution in [0.3, 0.4) is 0 Å². The van der Waals surface area contributed by atoms with Crippen molar-refractivity contribution in [2.75, 3.05) is 6.61 Å². The van der Waals surface area contributed by atoms with E-state index in [1.54, 1.807) is 4.68 Å². The van der Waals surface area contributed by atoms with Gasteiger partial charge < -0.3 is 24.9 Å². The van der Waals surface area contributed by atoms with Gasteiger partial charge in [0.15, 0.2) is 0 Å². The maximum Gasteiger partial charge on any atom is 0.407 e. The molecule has 2 heterocycles. The lowest BCUT2D eigenvalue weighted by Crippen LogP contribution is -2.33. The van der Waals surface area contributed by atoms with Crippen molar-refractivity contribution in [1.29, 1.82) is 0 Å². The van der Waals surface area contributed by atoms with Crippen LogP contribution in [0.2, 0.25) is 0 Å². The summed E-state index contributed by atoms with van der Waals surface area (Å²) in [6.07, 6.45) is -0.849. The zero-order chi connectivity index (χ0) is 18.1. The van der Waals surface area contributed by atoms with Gasteiger partial charge in [-0.15, -0.1) is 0 Å². The maximum absolute atomic E-state index is 11.7. The van der Waals surface area contributed by atoms with Gasteiger partial charge in [0.05, 0.1) is 29.0 Å². The summed E-state index contributed by atoms with van der Waals surface area (Å²) in [6, 6.07) is 1.41. The number of rotatable bonds is 4. The second-order valence-electron chi connectivity index (χ2n) is 7.15. The van der Waals surface area contributed by atoms with E-state index in [0.717, 1.165) is 0 Å². The van der Waals surface area contributed by atoms with Crippen LogP contribution in [-0.4, -0.2) is 39.5 Å². The van der Waals surface area contributed by atoms with Crippen LogP contribution in [-0.2, 0) is 15.0 Å². The van der Waals surface area contributed by atoms with E-state index >= 15 is 0 Å². The summed E-state index contributed by atoms with van der Waals surface area (Å²) in [4.78, 5) is 22.2. The molecule has 1 N–H and O–H groups in total. The smallest absolute Gasteiger partial charge is 0.407 e. The topological polar surface area (TPSA) is 109 Å². The number of alkyl carbamates (subject to hydrolysis) is 1. The van der Waals surface area contributed by atoms with Crippen molar-refractivity contribution in [3.8, 4) is 0 Å². The van der Waals surface area contributed by atoms with E-state index in [1.807, 2.05) is 34.6 Å². The molecule has 9 nitrogen and oxygen atoms in total. The molecule has 134 valence electrons. The number of carbonyl (C=O) groups is 1. The number of nitro groups is 1. The van der Waals surface area contributed by atoms with E-state index in [4.69, 9.17) is 9.47 Å². The van der Waals surface area contributed by atoms with Crippen molar-refractivity contribution in [2.24, 2.45) is 0 Å². The molecule has 2 rings (SSSR count). The van der Waals surface area contributed by atoms with Crippen LogP contribution in [0.25, 0.3) is 0 Å². The second kappa shape index (κ2) is 6.76. The maximum atomic E-state index is 11.7. The van der Waals surface area contributed by atoms with E-state index in [1.165, 1.54) is 6.07 Å². The third kappa shape index (κ3) is 4.22. The molecule has 0 aromatic carbocycles. The Hall–Kier alpha value is -2.16. The van der Waals surface area contributed by atoms with E-state index in [9.17, 15) is 14.9 Å². The number of ether oxygens (including phenoxy) is 2. The highest BCUT2D eigenvalue weighted by Crippen LogP contribution is 2.34. The highest BCUT2D eigenvalue weighted by atomic mass is 16.6. The Morgan fingerprint density at radius 2 is 2.21 bits per heavy atom. The minimum Gasteiger partial charge on any atom is -0.444 e. The molecule has 1 aromatic rings. The van der Waals surface area contributed by atoms with Gasteiger partial charge in [-0.1, -0.05) is 0 Å². The minimum atomic E-state index is -0.523. The Kier molecular flexibility index (Phi) is 5.12. The Bertz CT molecular complexity index is 620. The zero-order valence-corrected chi connectivity index (χ0v) is 14.6. The number of nitrogens with zero attached hydrogens (tertiary/aromatic N) is 3. The average Bonchev–Trinajstić information content (AvgIpc) is 3.02. The molecule has 1 unspecified atom stereocenters. The van der Waals surface area contributed by atoms with Crippen LogP contribution >= 0.6 is 0 Å². The van der Waals surface area contributed by atoms with Gasteiger partial charge in [-0.25, -0.2) is 4.79 Å². The van der Waals surface area contributed by atoms with Crippen LogP contribution in [0.5, 0.6) is 0 Å². The number of amides is 1. The molecular weight excluding hydrogens is 316 g/mol. The summed E-state index contributed by atoms with van der Waals surface area (Å²) in [7, 11) is 0. The molecule has 1 fully saturated rings. The molecule has 1 aliphatic heterocycles. The van der Waals surface area contributed by atoms with Gasteiger partial charge in [0, 0.05) is 12.5 Å². The van der Waals surface area contributed by atoms with Gasteiger partial charge in [0.25, 0.3) is 0 Å². The zero-order valence-electron chi connectivity index (χ0n) is 14.6. The minimum absolute atomic E-state index is 0.0133. The average molecular weight is 340 g/mol. The van der Waals surface area contributed by atoms with Crippen LogP contribution in [0, 0.1) is 10.1 Å². The molecule has 1 saturated heterocycles. The lowest BCUT2D eigenvalue weighted by Gasteiger charge is -2.20. The Morgan fingerprint density at radius 3 is 2.75 bits per heavy atom. The molecule has 1 aromatic heterocycles.